The lowest BCUT2D eigenvalue weighted by Gasteiger charge is -2.21. The molecule has 0 radical (unpaired) electrons. The third-order valence-electron chi connectivity index (χ3n) is 6.06. The van der Waals surface area contributed by atoms with Crippen molar-refractivity contribution in [3.8, 4) is 11.5 Å². The zero-order valence-electron chi connectivity index (χ0n) is 18.5. The Morgan fingerprint density at radius 2 is 1.89 bits per heavy atom. The molecule has 1 amide bonds. The van der Waals surface area contributed by atoms with Crippen molar-refractivity contribution in [1.82, 2.24) is 29.5 Å². The number of rotatable bonds is 5. The van der Waals surface area contributed by atoms with Crippen LogP contribution in [0, 0.1) is 11.6 Å². The zero-order chi connectivity index (χ0) is 25.8. The van der Waals surface area contributed by atoms with Crippen molar-refractivity contribution in [3.63, 3.8) is 0 Å². The van der Waals surface area contributed by atoms with Gasteiger partial charge < -0.3 is 10.3 Å². The van der Waals surface area contributed by atoms with E-state index in [0.29, 0.717) is 0 Å². The Bertz CT molecular complexity index is 1580. The molecule has 4 aromatic rings. The highest BCUT2D eigenvalue weighted by molar-refractivity contribution is 6.07. The van der Waals surface area contributed by atoms with Gasteiger partial charge in [0.25, 0.3) is 5.56 Å². The number of H-pyrrole nitrogens is 1. The maximum Gasteiger partial charge on any atom is 0.389 e. The highest BCUT2D eigenvalue weighted by atomic mass is 19.4. The summed E-state index contributed by atoms with van der Waals surface area (Å²) in [5.74, 6) is -3.05. The molecule has 14 heteroatoms. The van der Waals surface area contributed by atoms with Crippen LogP contribution in [0.5, 0.6) is 0 Å². The summed E-state index contributed by atoms with van der Waals surface area (Å²) < 4.78 is 66.5. The summed E-state index contributed by atoms with van der Waals surface area (Å²) in [6, 6.07) is 2.90. The van der Waals surface area contributed by atoms with E-state index in [-0.39, 0.29) is 52.6 Å². The monoisotopic (exact) mass is 505 g/mol. The molecule has 1 atom stereocenters. The second-order valence-corrected chi connectivity index (χ2v) is 8.42. The van der Waals surface area contributed by atoms with E-state index in [1.54, 1.807) is 0 Å². The Morgan fingerprint density at radius 3 is 2.61 bits per heavy atom. The number of nitrogens with one attached hydrogen (secondary N) is 2. The highest BCUT2D eigenvalue weighted by Crippen LogP contribution is 2.40. The zero-order valence-corrected chi connectivity index (χ0v) is 18.5. The lowest BCUT2D eigenvalue weighted by atomic mass is 9.78. The fourth-order valence-electron chi connectivity index (χ4n) is 4.22. The minimum Gasteiger partial charge on any atom is -0.324 e. The van der Waals surface area contributed by atoms with Crippen LogP contribution in [-0.2, 0) is 16.6 Å². The summed E-state index contributed by atoms with van der Waals surface area (Å²) in [5, 5.41) is 6.53. The molecule has 9 nitrogen and oxygen atoms in total. The van der Waals surface area contributed by atoms with Crippen LogP contribution in [-0.4, -0.2) is 41.6 Å². The molecule has 1 aliphatic rings. The molecular formula is C22H16F5N7O2. The third-order valence-corrected chi connectivity index (χ3v) is 6.06. The summed E-state index contributed by atoms with van der Waals surface area (Å²) >= 11 is 0. The number of alkyl halides is 3. The number of aryl methyl sites for hydroxylation is 1. The molecule has 186 valence electrons. The summed E-state index contributed by atoms with van der Waals surface area (Å²) in [6.45, 7) is 1.38. The van der Waals surface area contributed by atoms with Crippen molar-refractivity contribution in [1.29, 1.82) is 0 Å². The molecule has 0 aliphatic carbocycles. The number of aromatic nitrogens is 6. The first-order valence-electron chi connectivity index (χ1n) is 10.7. The highest BCUT2D eigenvalue weighted by Gasteiger charge is 2.48. The topological polar surface area (TPSA) is 118 Å². The van der Waals surface area contributed by atoms with Crippen LogP contribution < -0.4 is 10.9 Å². The van der Waals surface area contributed by atoms with E-state index in [4.69, 9.17) is 0 Å². The van der Waals surface area contributed by atoms with E-state index in [9.17, 15) is 31.5 Å². The summed E-state index contributed by atoms with van der Waals surface area (Å²) in [7, 11) is 0. The first kappa shape index (κ1) is 23.5. The van der Waals surface area contributed by atoms with Crippen molar-refractivity contribution >= 4 is 17.4 Å². The number of amides is 1. The Morgan fingerprint density at radius 1 is 1.11 bits per heavy atom. The van der Waals surface area contributed by atoms with Crippen molar-refractivity contribution in [2.75, 3.05) is 5.32 Å². The fourth-order valence-corrected chi connectivity index (χ4v) is 4.22. The normalized spacial score (nSPS) is 17.4. The third kappa shape index (κ3) is 3.87. The standard InChI is InChI=1S/C22H16F5N7O2/c1-21(10-4-5-11(23)12(24)7-10)15-17(33-20(21)36)31-16(32-19(15)35)14-8-34-18(28-9-29-34)13(30-14)3-2-6-22(25,26)27/h4-5,7-9H,2-3,6H2,1H3,(H2,31,32,33,35,36). The van der Waals surface area contributed by atoms with Gasteiger partial charge in [-0.1, -0.05) is 6.07 Å². The molecular weight excluding hydrogens is 489 g/mol. The smallest absolute Gasteiger partial charge is 0.324 e. The number of carbonyl (C=O) groups is 1. The first-order valence-corrected chi connectivity index (χ1v) is 10.7. The number of hydrogen-bond donors (Lipinski definition) is 2. The van der Waals surface area contributed by atoms with Crippen molar-refractivity contribution in [2.45, 2.75) is 37.8 Å². The van der Waals surface area contributed by atoms with Crippen LogP contribution in [0.3, 0.4) is 0 Å². The molecule has 0 bridgehead atoms. The van der Waals surface area contributed by atoms with Gasteiger partial charge in [-0.3, -0.25) is 9.59 Å². The second-order valence-electron chi connectivity index (χ2n) is 8.42. The van der Waals surface area contributed by atoms with Crippen molar-refractivity contribution in [2.24, 2.45) is 0 Å². The predicted molar refractivity (Wildman–Crippen MR) is 115 cm³/mol. The SMILES string of the molecule is CC1(c2ccc(F)c(F)c2)C(=O)Nc2[nH]c(-c3cn4ncnc4c(CCCC(F)(F)F)n3)nc(=O)c21. The van der Waals surface area contributed by atoms with E-state index >= 15 is 0 Å². The van der Waals surface area contributed by atoms with Crippen molar-refractivity contribution < 1.29 is 26.7 Å². The second kappa shape index (κ2) is 8.17. The largest absolute Gasteiger partial charge is 0.389 e. The Kier molecular flexibility index (Phi) is 5.34. The number of carbonyl (C=O) groups excluding carboxylic acids is 1. The summed E-state index contributed by atoms with van der Waals surface area (Å²) in [5.41, 5.74) is -2.00. The van der Waals surface area contributed by atoms with Gasteiger partial charge in [-0.2, -0.15) is 23.3 Å². The number of fused-ring (bicyclic) bond motifs is 2. The van der Waals surface area contributed by atoms with E-state index in [1.807, 2.05) is 0 Å². The van der Waals surface area contributed by atoms with Gasteiger partial charge in [0, 0.05) is 6.42 Å². The number of benzene rings is 1. The minimum absolute atomic E-state index is 0.0126. The lowest BCUT2D eigenvalue weighted by molar-refractivity contribution is -0.135. The number of anilines is 1. The van der Waals surface area contributed by atoms with Crippen LogP contribution in [0.15, 0.2) is 35.5 Å². The molecule has 36 heavy (non-hydrogen) atoms. The van der Waals surface area contributed by atoms with Gasteiger partial charge in [-0.25, -0.2) is 23.3 Å². The van der Waals surface area contributed by atoms with Crippen LogP contribution in [0.2, 0.25) is 0 Å². The van der Waals surface area contributed by atoms with Gasteiger partial charge in [0.05, 0.1) is 17.5 Å². The molecule has 0 saturated carbocycles. The molecule has 0 fully saturated rings. The quantitative estimate of drug-likeness (QED) is 0.402. The molecule has 1 aromatic carbocycles. The molecule has 1 unspecified atom stereocenters. The Labute approximate surface area is 198 Å². The Hall–Kier alpha value is -4.23. The fraction of sp³-hybridized carbons (Fsp3) is 0.273. The van der Waals surface area contributed by atoms with E-state index in [2.05, 4.69) is 30.4 Å². The predicted octanol–water partition coefficient (Wildman–Crippen LogP) is 3.30. The average molecular weight is 505 g/mol. The van der Waals surface area contributed by atoms with Gasteiger partial charge in [0.15, 0.2) is 23.1 Å². The maximum atomic E-state index is 13.9. The summed E-state index contributed by atoms with van der Waals surface area (Å²) in [4.78, 5) is 41.2. The molecule has 5 rings (SSSR count). The summed E-state index contributed by atoms with van der Waals surface area (Å²) in [6.07, 6.45) is -3.05. The van der Waals surface area contributed by atoms with Gasteiger partial charge in [-0.15, -0.1) is 0 Å². The van der Waals surface area contributed by atoms with Crippen LogP contribution in [0.1, 0.15) is 36.6 Å². The molecule has 0 spiro atoms. The van der Waals surface area contributed by atoms with Gasteiger partial charge >= 0.3 is 6.18 Å². The lowest BCUT2D eigenvalue weighted by Crippen LogP contribution is -2.36. The van der Waals surface area contributed by atoms with E-state index in [1.165, 1.54) is 30.0 Å². The molecule has 0 saturated heterocycles. The average Bonchev–Trinajstić information content (AvgIpc) is 3.37. The van der Waals surface area contributed by atoms with Crippen LogP contribution >= 0.6 is 0 Å². The molecule has 4 heterocycles. The van der Waals surface area contributed by atoms with Crippen LogP contribution in [0.25, 0.3) is 17.2 Å². The minimum atomic E-state index is -4.33. The number of nitrogens with zero attached hydrogens (tertiary/aromatic N) is 5. The Balaban J connectivity index is 1.57. The van der Waals surface area contributed by atoms with Gasteiger partial charge in [0.1, 0.15) is 23.3 Å². The van der Waals surface area contributed by atoms with Gasteiger partial charge in [-0.05, 0) is 37.5 Å². The van der Waals surface area contributed by atoms with Crippen LogP contribution in [0.4, 0.5) is 27.8 Å². The van der Waals surface area contributed by atoms with Gasteiger partial charge in [0.2, 0.25) is 5.91 Å². The molecule has 2 N–H and O–H groups in total. The van der Waals surface area contributed by atoms with E-state index < -0.39 is 41.1 Å². The number of hydrogen-bond acceptors (Lipinski definition) is 6. The number of aromatic amines is 1. The van der Waals surface area contributed by atoms with E-state index in [0.717, 1.165) is 12.1 Å². The van der Waals surface area contributed by atoms with Crippen molar-refractivity contribution in [3.05, 3.63) is 69.5 Å². The molecule has 1 aliphatic heterocycles. The number of halogens is 5. The molecule has 3 aromatic heterocycles. The maximum absolute atomic E-state index is 13.9. The first-order chi connectivity index (χ1) is 17.0.